The van der Waals surface area contributed by atoms with Crippen LogP contribution in [0.4, 0.5) is 5.69 Å². The number of carboxylic acid groups (broad SMARTS) is 1. The van der Waals surface area contributed by atoms with Gasteiger partial charge in [-0.2, -0.15) is 0 Å². The number of halogens is 2. The fraction of sp³-hybridized carbons (Fsp3) is 0.130. The Labute approximate surface area is 208 Å². The topological polar surface area (TPSA) is 87.7 Å². The molecule has 0 fully saturated rings. The van der Waals surface area contributed by atoms with E-state index in [1.54, 1.807) is 13.2 Å². The Kier molecular flexibility index (Phi) is 10.6. The van der Waals surface area contributed by atoms with E-state index in [2.05, 4.69) is 5.32 Å². The first-order chi connectivity index (χ1) is 14.4. The molecule has 0 atom stereocenters. The number of amides is 1. The summed E-state index contributed by atoms with van der Waals surface area (Å²) in [5.74, 6) is -1.05. The fourth-order valence-corrected chi connectivity index (χ4v) is 3.18. The zero-order chi connectivity index (χ0) is 21.7. The summed E-state index contributed by atoms with van der Waals surface area (Å²) in [5, 5.41) is 14.6. The predicted molar refractivity (Wildman–Crippen MR) is 119 cm³/mol. The molecule has 0 heterocycles. The van der Waals surface area contributed by atoms with E-state index in [9.17, 15) is 14.7 Å². The monoisotopic (exact) mass is 467 g/mol. The van der Waals surface area contributed by atoms with Crippen molar-refractivity contribution in [3.8, 4) is 11.5 Å². The van der Waals surface area contributed by atoms with Crippen LogP contribution in [0.2, 0.25) is 10.0 Å². The van der Waals surface area contributed by atoms with E-state index in [4.69, 9.17) is 32.7 Å². The van der Waals surface area contributed by atoms with Gasteiger partial charge in [-0.15, -0.1) is 0 Å². The molecule has 3 aromatic carbocycles. The molecule has 0 saturated carbocycles. The van der Waals surface area contributed by atoms with Gasteiger partial charge in [0.15, 0.2) is 0 Å². The van der Waals surface area contributed by atoms with E-state index in [1.807, 2.05) is 24.3 Å². The van der Waals surface area contributed by atoms with Crippen molar-refractivity contribution in [3.05, 3.63) is 87.4 Å². The van der Waals surface area contributed by atoms with Crippen molar-refractivity contribution in [1.82, 2.24) is 0 Å². The van der Waals surface area contributed by atoms with Crippen molar-refractivity contribution < 1.29 is 43.0 Å². The third-order valence-corrected chi connectivity index (χ3v) is 4.72. The number of aromatic carboxylic acids is 1. The first-order valence-corrected chi connectivity index (χ1v) is 9.50. The van der Waals surface area contributed by atoms with E-state index in [-0.39, 0.29) is 54.7 Å². The molecule has 3 aromatic rings. The zero-order valence-corrected chi connectivity index (χ0v) is 18.3. The standard InChI is InChI=1S/C22H17Cl2NO5.CH4.Li/c1-29-15-4-2-3-13(9-15)12-30-16-6-8-20(18(11-16)22(27)28)25-21(26)17-7-5-14(23)10-19(17)24;;/h2-11H,12H2,1H3,(H,25,26)(H,27,28);1H4;/q;;+1/p-1. The largest absolute Gasteiger partial charge is 1.00 e. The summed E-state index contributed by atoms with van der Waals surface area (Å²) in [6, 6.07) is 15.9. The second kappa shape index (κ2) is 12.4. The van der Waals surface area contributed by atoms with Crippen LogP contribution >= 0.6 is 23.2 Å². The van der Waals surface area contributed by atoms with Gasteiger partial charge in [-0.3, -0.25) is 4.79 Å². The minimum atomic E-state index is -1.46. The van der Waals surface area contributed by atoms with Crippen LogP contribution in [0.5, 0.6) is 11.5 Å². The molecule has 1 amide bonds. The molecule has 3 rings (SSSR count). The molecule has 9 heteroatoms. The van der Waals surface area contributed by atoms with Crippen LogP contribution in [0.3, 0.4) is 0 Å². The number of nitrogens with one attached hydrogen (secondary N) is 1. The molecule has 6 nitrogen and oxygen atoms in total. The van der Waals surface area contributed by atoms with Gasteiger partial charge in [0.05, 0.1) is 29.4 Å². The van der Waals surface area contributed by atoms with Crippen molar-refractivity contribution in [3.63, 3.8) is 0 Å². The van der Waals surface area contributed by atoms with E-state index in [1.165, 1.54) is 30.3 Å². The summed E-state index contributed by atoms with van der Waals surface area (Å²) in [4.78, 5) is 24.1. The van der Waals surface area contributed by atoms with Gasteiger partial charge in [-0.05, 0) is 54.1 Å². The van der Waals surface area contributed by atoms with E-state index in [0.29, 0.717) is 16.5 Å². The maximum Gasteiger partial charge on any atom is 1.00 e. The van der Waals surface area contributed by atoms with Crippen molar-refractivity contribution in [2.75, 3.05) is 12.4 Å². The van der Waals surface area contributed by atoms with Crippen LogP contribution in [0.1, 0.15) is 33.7 Å². The number of rotatable bonds is 7. The Hall–Kier alpha value is -2.62. The Bertz CT molecular complexity index is 1110. The Morgan fingerprint density at radius 2 is 1.72 bits per heavy atom. The molecular formula is C23H20Cl2LiNO5. The zero-order valence-electron chi connectivity index (χ0n) is 16.8. The number of carbonyl (C=O) groups is 2. The molecule has 0 bridgehead atoms. The Morgan fingerprint density at radius 1 is 0.969 bits per heavy atom. The summed E-state index contributed by atoms with van der Waals surface area (Å²) < 4.78 is 10.8. The molecule has 0 radical (unpaired) electrons. The van der Waals surface area contributed by atoms with Crippen molar-refractivity contribution in [2.24, 2.45) is 0 Å². The van der Waals surface area contributed by atoms with Gasteiger partial charge in [-0.25, -0.2) is 0 Å². The molecule has 0 aliphatic heterocycles. The first kappa shape index (κ1) is 27.4. The average molecular weight is 468 g/mol. The third kappa shape index (κ3) is 6.94. The molecule has 0 saturated heterocycles. The number of ether oxygens (including phenoxy) is 2. The number of anilines is 1. The predicted octanol–water partition coefficient (Wildman–Crippen LogP) is 1.84. The summed E-state index contributed by atoms with van der Waals surface area (Å²) in [7, 11) is 1.57. The van der Waals surface area contributed by atoms with Gasteiger partial charge in [-0.1, -0.05) is 42.8 Å². The number of benzene rings is 3. The molecular weight excluding hydrogens is 448 g/mol. The van der Waals surface area contributed by atoms with Gasteiger partial charge in [0.25, 0.3) is 5.91 Å². The number of carboxylic acids is 1. The SMILES string of the molecule is C.COc1cccc(COc2ccc(NC(=O)c3ccc(Cl)cc3Cl)c(C(=O)[O-])c2)c1.[Li+]. The molecule has 0 aliphatic rings. The van der Waals surface area contributed by atoms with Crippen LogP contribution in [-0.4, -0.2) is 19.0 Å². The number of hydrogen-bond donors (Lipinski definition) is 1. The molecule has 32 heavy (non-hydrogen) atoms. The van der Waals surface area contributed by atoms with Crippen LogP contribution in [0.25, 0.3) is 0 Å². The normalized spacial score (nSPS) is 9.72. The number of hydrogen-bond acceptors (Lipinski definition) is 5. The second-order valence-electron chi connectivity index (χ2n) is 6.21. The molecule has 0 aromatic heterocycles. The van der Waals surface area contributed by atoms with Crippen molar-refractivity contribution >= 4 is 40.8 Å². The fourth-order valence-electron chi connectivity index (χ4n) is 2.68. The van der Waals surface area contributed by atoms with Gasteiger partial charge < -0.3 is 24.7 Å². The number of carbonyl (C=O) groups excluding carboxylic acids is 2. The van der Waals surface area contributed by atoms with Crippen LogP contribution in [0.15, 0.2) is 60.7 Å². The van der Waals surface area contributed by atoms with E-state index >= 15 is 0 Å². The summed E-state index contributed by atoms with van der Waals surface area (Å²) in [6.45, 7) is 0.204. The minimum Gasteiger partial charge on any atom is -0.545 e. The first-order valence-electron chi connectivity index (χ1n) is 8.75. The van der Waals surface area contributed by atoms with Gasteiger partial charge in [0.1, 0.15) is 18.1 Å². The van der Waals surface area contributed by atoms with Gasteiger partial charge in [0, 0.05) is 10.6 Å². The van der Waals surface area contributed by atoms with E-state index in [0.717, 1.165) is 5.56 Å². The maximum absolute atomic E-state index is 12.5. The van der Waals surface area contributed by atoms with Crippen LogP contribution in [-0.2, 0) is 6.61 Å². The van der Waals surface area contributed by atoms with Crippen LogP contribution < -0.4 is 38.8 Å². The van der Waals surface area contributed by atoms with Crippen molar-refractivity contribution in [1.29, 1.82) is 0 Å². The Morgan fingerprint density at radius 3 is 2.38 bits per heavy atom. The van der Waals surface area contributed by atoms with Gasteiger partial charge in [0.2, 0.25) is 0 Å². The average Bonchev–Trinajstić information content (AvgIpc) is 2.72. The minimum absolute atomic E-state index is 0. The molecule has 0 aliphatic carbocycles. The summed E-state index contributed by atoms with van der Waals surface area (Å²) in [6.07, 6.45) is 0. The Balaban J connectivity index is 0.00000256. The quantitative estimate of drug-likeness (QED) is 0.535. The van der Waals surface area contributed by atoms with Gasteiger partial charge >= 0.3 is 18.9 Å². The number of methoxy groups -OCH3 is 1. The van der Waals surface area contributed by atoms with Crippen LogP contribution in [0, 0.1) is 0 Å². The molecule has 0 spiro atoms. The second-order valence-corrected chi connectivity index (χ2v) is 7.06. The molecule has 1 N–H and O–H groups in total. The maximum atomic E-state index is 12.5. The third-order valence-electron chi connectivity index (χ3n) is 4.17. The molecule has 0 unspecified atom stereocenters. The van der Waals surface area contributed by atoms with Crippen molar-refractivity contribution in [2.45, 2.75) is 14.0 Å². The summed E-state index contributed by atoms with van der Waals surface area (Å²) in [5.41, 5.74) is 0.833. The smallest absolute Gasteiger partial charge is 0.545 e. The molecule has 162 valence electrons. The summed E-state index contributed by atoms with van der Waals surface area (Å²) >= 11 is 11.9. The van der Waals surface area contributed by atoms with E-state index < -0.39 is 11.9 Å².